The topological polar surface area (TPSA) is 90.5 Å². The highest BCUT2D eigenvalue weighted by atomic mass is 35.5. The van der Waals surface area contributed by atoms with Gasteiger partial charge < -0.3 is 24.2 Å². The van der Waals surface area contributed by atoms with Crippen molar-refractivity contribution in [1.82, 2.24) is 29.1 Å². The predicted octanol–water partition coefficient (Wildman–Crippen LogP) is 10.3. The van der Waals surface area contributed by atoms with Crippen molar-refractivity contribution >= 4 is 60.6 Å². The van der Waals surface area contributed by atoms with Gasteiger partial charge in [0.1, 0.15) is 5.82 Å². The Balaban J connectivity index is 0.000000181. The second-order valence-corrected chi connectivity index (χ2v) is 17.6. The van der Waals surface area contributed by atoms with Crippen LogP contribution in [-0.2, 0) is 6.54 Å². The number of pyridine rings is 2. The van der Waals surface area contributed by atoms with E-state index in [-0.39, 0.29) is 26.3 Å². The average Bonchev–Trinajstić information content (AvgIpc) is 3.52. The molecule has 2 fully saturated rings. The van der Waals surface area contributed by atoms with Gasteiger partial charge in [0, 0.05) is 53.2 Å². The minimum absolute atomic E-state index is 0. The Morgan fingerprint density at radius 2 is 1.13 bits per heavy atom. The van der Waals surface area contributed by atoms with Crippen LogP contribution in [0.25, 0.3) is 23.3 Å². The van der Waals surface area contributed by atoms with E-state index in [1.807, 2.05) is 69.6 Å². The molecule has 0 radical (unpaired) electrons. The summed E-state index contributed by atoms with van der Waals surface area (Å²) in [5, 5.41) is 21.5. The number of hydrogen-bond donors (Lipinski definition) is 2. The number of imidazole rings is 1. The molecule has 2 aliphatic carbocycles. The van der Waals surface area contributed by atoms with Crippen LogP contribution >= 0.6 is 23.2 Å². The van der Waals surface area contributed by atoms with Crippen molar-refractivity contribution in [2.45, 2.75) is 85.4 Å². The Kier molecular flexibility index (Phi) is 14.2. The molecule has 2 aliphatic heterocycles. The summed E-state index contributed by atoms with van der Waals surface area (Å²) in [5.41, 5.74) is 12.4. The number of piperidine rings is 2. The van der Waals surface area contributed by atoms with Crippen LogP contribution < -0.4 is 0 Å². The summed E-state index contributed by atoms with van der Waals surface area (Å²) in [7, 11) is -0.766. The number of nitrogens with zero attached hydrogens (tertiary/aromatic N) is 6. The highest BCUT2D eigenvalue weighted by Crippen LogP contribution is 2.47. The van der Waals surface area contributed by atoms with E-state index in [1.54, 1.807) is 0 Å². The van der Waals surface area contributed by atoms with Crippen LogP contribution in [0.4, 0.5) is 0 Å². The molecule has 2 aromatic carbocycles. The average molecular weight is 844 g/mol. The van der Waals surface area contributed by atoms with E-state index >= 15 is 0 Å². The van der Waals surface area contributed by atoms with E-state index in [4.69, 9.17) is 33.2 Å². The maximum absolute atomic E-state index is 10.0. The number of halogens is 2. The maximum Gasteiger partial charge on any atom is 0.376 e. The monoisotopic (exact) mass is 842 g/mol. The third-order valence-electron chi connectivity index (χ3n) is 13.2. The molecule has 0 saturated carbocycles. The lowest BCUT2D eigenvalue weighted by Crippen LogP contribution is -2.44. The van der Waals surface area contributed by atoms with E-state index < -0.39 is 7.05 Å². The number of rotatable bonds is 7. The van der Waals surface area contributed by atoms with Crippen molar-refractivity contribution < 1.29 is 10.0 Å². The molecule has 60 heavy (non-hydrogen) atoms. The standard InChI is InChI=1S/C25H28BClN4O.C22H26BClN2O.CH4/c1-17-28-10-13-30(17)16-20-14-19-4-3-9-29-25(19)24(22-6-5-21(27)15-23(20)22)18-7-11-31(12-8-18)26(2)32;1-3-15-13-17-5-4-10-25-22(17)21(19-7-6-18(24)14-20(15)19)16-8-11-26(12-9-16)23(2)27;/h3-6,9-10,13-15,18,24,32H,7-8,11-12,16H2,1-2H3;4-7,10,13-14,16,21,27H,3,8-9,11-12H2,1-2H3;1H4. The quantitative estimate of drug-likeness (QED) is 0.158. The highest BCUT2D eigenvalue weighted by molar-refractivity contribution is 6.45. The minimum atomic E-state index is -0.395. The molecule has 2 N–H and O–H groups in total. The van der Waals surface area contributed by atoms with Gasteiger partial charge in [-0.3, -0.25) is 9.97 Å². The second-order valence-electron chi connectivity index (χ2n) is 16.7. The van der Waals surface area contributed by atoms with Gasteiger partial charge in [-0.2, -0.15) is 0 Å². The molecule has 2 atom stereocenters. The number of aryl methyl sites for hydroxylation is 1. The van der Waals surface area contributed by atoms with Crippen LogP contribution in [0.5, 0.6) is 0 Å². The summed E-state index contributed by atoms with van der Waals surface area (Å²) in [4.78, 5) is 18.5. The largest absolute Gasteiger partial charge is 0.437 e. The number of benzene rings is 2. The van der Waals surface area contributed by atoms with E-state index in [2.05, 4.69) is 74.6 Å². The molecule has 3 aromatic heterocycles. The van der Waals surface area contributed by atoms with Gasteiger partial charge in [0.05, 0.1) is 11.4 Å². The molecule has 5 aromatic rings. The van der Waals surface area contributed by atoms with Crippen LogP contribution in [-0.4, -0.2) is 79.5 Å². The summed E-state index contributed by atoms with van der Waals surface area (Å²) in [6.07, 6.45) is 17.4. The molecule has 0 spiro atoms. The third kappa shape index (κ3) is 9.25. The van der Waals surface area contributed by atoms with Gasteiger partial charge >= 0.3 is 14.1 Å². The van der Waals surface area contributed by atoms with E-state index in [1.165, 1.54) is 50.2 Å². The fraction of sp³-hybridized carbons (Fsp3) is 0.396. The first-order chi connectivity index (χ1) is 28.6. The normalized spacial score (nSPS) is 19.4. The Morgan fingerprint density at radius 1 is 0.667 bits per heavy atom. The van der Waals surface area contributed by atoms with Gasteiger partial charge in [-0.05, 0) is 184 Å². The number of fused-ring (bicyclic) bond motifs is 4. The predicted molar refractivity (Wildman–Crippen MR) is 251 cm³/mol. The summed E-state index contributed by atoms with van der Waals surface area (Å²) < 4.78 is 2.17. The van der Waals surface area contributed by atoms with Gasteiger partial charge in [-0.25, -0.2) is 4.98 Å². The van der Waals surface area contributed by atoms with Crippen molar-refractivity contribution in [3.8, 4) is 0 Å². The lowest BCUT2D eigenvalue weighted by Gasteiger charge is -2.37. The fourth-order valence-electron chi connectivity index (χ4n) is 9.99. The molecule has 312 valence electrons. The number of aromatic nitrogens is 4. The molecular formula is C48H58B2Cl2N6O2. The Hall–Kier alpha value is -4.02. The zero-order valence-corrected chi connectivity index (χ0v) is 36.1. The van der Waals surface area contributed by atoms with Crippen molar-refractivity contribution in [3.05, 3.63) is 146 Å². The molecule has 0 amide bonds. The zero-order chi connectivity index (χ0) is 41.2. The Bertz CT molecular complexity index is 2330. The molecule has 9 rings (SSSR count). The van der Waals surface area contributed by atoms with E-state index in [0.29, 0.717) is 11.8 Å². The first-order valence-electron chi connectivity index (χ1n) is 21.3. The summed E-state index contributed by atoms with van der Waals surface area (Å²) in [6.45, 7) is 12.3. The maximum atomic E-state index is 10.0. The van der Waals surface area contributed by atoms with Gasteiger partial charge in [0.15, 0.2) is 0 Å². The van der Waals surface area contributed by atoms with Gasteiger partial charge in [-0.1, -0.05) is 61.8 Å². The molecule has 2 unspecified atom stereocenters. The second kappa shape index (κ2) is 19.4. The number of allylic oxidation sites excluding steroid dienone is 2. The molecule has 2 saturated heterocycles. The van der Waals surface area contributed by atoms with Gasteiger partial charge in [-0.15, -0.1) is 0 Å². The fourth-order valence-corrected chi connectivity index (χ4v) is 10.3. The molecule has 4 aliphatic rings. The van der Waals surface area contributed by atoms with E-state index in [0.717, 1.165) is 86.4 Å². The van der Waals surface area contributed by atoms with Crippen molar-refractivity contribution in [3.63, 3.8) is 0 Å². The summed E-state index contributed by atoms with van der Waals surface area (Å²) in [5.74, 6) is 2.43. The first-order valence-corrected chi connectivity index (χ1v) is 22.1. The molecule has 12 heteroatoms. The van der Waals surface area contributed by atoms with E-state index in [9.17, 15) is 10.0 Å². The molecular weight excluding hydrogens is 785 g/mol. The lowest BCUT2D eigenvalue weighted by molar-refractivity contribution is 0.235. The SMILES string of the molecule is C.CB(O)N1CCC(C2c3ccc(Cl)cc3C(Cn3ccnc3C)=Cc3cccnc32)CC1.CCC1=Cc2cccnc2C(C2CCN(B(C)O)CC2)c2ccc(Cl)cc21. The smallest absolute Gasteiger partial charge is 0.376 e. The third-order valence-corrected chi connectivity index (χ3v) is 13.6. The first kappa shape index (κ1) is 44.0. The lowest BCUT2D eigenvalue weighted by atomic mass is 9.73. The van der Waals surface area contributed by atoms with Crippen LogP contribution in [0.2, 0.25) is 23.7 Å². The summed E-state index contributed by atoms with van der Waals surface area (Å²) >= 11 is 12.9. The highest BCUT2D eigenvalue weighted by Gasteiger charge is 2.37. The Labute approximate surface area is 367 Å². The molecule has 5 heterocycles. The van der Waals surface area contributed by atoms with Crippen LogP contribution in [0, 0.1) is 18.8 Å². The zero-order valence-electron chi connectivity index (χ0n) is 34.6. The number of hydrogen-bond acceptors (Lipinski definition) is 7. The van der Waals surface area contributed by atoms with Gasteiger partial charge in [0.25, 0.3) is 0 Å². The van der Waals surface area contributed by atoms with Crippen LogP contribution in [0.1, 0.15) is 109 Å². The summed E-state index contributed by atoms with van der Waals surface area (Å²) in [6, 6.07) is 21.1. The van der Waals surface area contributed by atoms with Crippen molar-refractivity contribution in [2.75, 3.05) is 26.2 Å². The Morgan fingerprint density at radius 3 is 1.57 bits per heavy atom. The molecule has 8 nitrogen and oxygen atoms in total. The van der Waals surface area contributed by atoms with Crippen LogP contribution in [0.3, 0.4) is 0 Å². The van der Waals surface area contributed by atoms with Crippen LogP contribution in [0.15, 0.2) is 85.5 Å². The molecule has 0 bridgehead atoms. The van der Waals surface area contributed by atoms with Gasteiger partial charge in [0.2, 0.25) is 0 Å². The van der Waals surface area contributed by atoms with Crippen molar-refractivity contribution in [1.29, 1.82) is 0 Å². The minimum Gasteiger partial charge on any atom is -0.437 e. The van der Waals surface area contributed by atoms with Crippen molar-refractivity contribution in [2.24, 2.45) is 11.8 Å².